The number of anilines is 1. The van der Waals surface area contributed by atoms with Crippen molar-refractivity contribution < 1.29 is 4.79 Å². The number of nitrogens with zero attached hydrogens (tertiary/aromatic N) is 1. The van der Waals surface area contributed by atoms with Gasteiger partial charge >= 0.3 is 0 Å². The molecule has 21 heavy (non-hydrogen) atoms. The van der Waals surface area contributed by atoms with Crippen LogP contribution in [0.4, 0.5) is 5.82 Å². The van der Waals surface area contributed by atoms with Crippen LogP contribution in [0.25, 0.3) is 10.8 Å². The standard InChI is InChI=1S/C16H21N3OS/c1-21-10-6-2-5-9-18-16(20)14-11-19-15(17)13-8-4-3-7-12(13)14/h3-4,7-8,11H,2,5-6,9-10H2,1H3,(H2,17,19)(H,18,20). The third-order valence-corrected chi connectivity index (χ3v) is 4.08. The second-order valence-corrected chi connectivity index (χ2v) is 5.90. The number of unbranched alkanes of at least 4 members (excludes halogenated alkanes) is 2. The van der Waals surface area contributed by atoms with Crippen LogP contribution >= 0.6 is 11.8 Å². The Balaban J connectivity index is 1.98. The molecule has 0 aliphatic heterocycles. The smallest absolute Gasteiger partial charge is 0.253 e. The van der Waals surface area contributed by atoms with Gasteiger partial charge in [0.15, 0.2) is 0 Å². The van der Waals surface area contributed by atoms with Crippen molar-refractivity contribution in [2.24, 2.45) is 0 Å². The topological polar surface area (TPSA) is 68.0 Å². The van der Waals surface area contributed by atoms with Crippen LogP contribution in [-0.2, 0) is 0 Å². The van der Waals surface area contributed by atoms with Gasteiger partial charge in [-0.3, -0.25) is 4.79 Å². The molecule has 1 heterocycles. The largest absolute Gasteiger partial charge is 0.383 e. The maximum atomic E-state index is 12.3. The lowest BCUT2D eigenvalue weighted by atomic mass is 10.1. The number of rotatable bonds is 7. The highest BCUT2D eigenvalue weighted by Crippen LogP contribution is 2.22. The van der Waals surface area contributed by atoms with E-state index in [1.807, 2.05) is 36.0 Å². The van der Waals surface area contributed by atoms with E-state index < -0.39 is 0 Å². The van der Waals surface area contributed by atoms with E-state index in [2.05, 4.69) is 16.6 Å². The molecule has 0 aliphatic carbocycles. The molecule has 1 aromatic carbocycles. The molecule has 0 saturated carbocycles. The van der Waals surface area contributed by atoms with Gasteiger partial charge in [-0.1, -0.05) is 30.7 Å². The van der Waals surface area contributed by atoms with Crippen molar-refractivity contribution in [3.63, 3.8) is 0 Å². The van der Waals surface area contributed by atoms with E-state index in [-0.39, 0.29) is 5.91 Å². The zero-order valence-corrected chi connectivity index (χ0v) is 13.1. The number of nitrogen functional groups attached to an aromatic ring is 1. The molecule has 2 rings (SSSR count). The van der Waals surface area contributed by atoms with Crippen LogP contribution in [0, 0.1) is 0 Å². The summed E-state index contributed by atoms with van der Waals surface area (Å²) in [7, 11) is 0. The molecule has 3 N–H and O–H groups in total. The van der Waals surface area contributed by atoms with Crippen LogP contribution in [0.2, 0.25) is 0 Å². The first-order valence-electron chi connectivity index (χ1n) is 7.14. The average Bonchev–Trinajstić information content (AvgIpc) is 2.51. The van der Waals surface area contributed by atoms with Gasteiger partial charge in [-0.2, -0.15) is 11.8 Å². The van der Waals surface area contributed by atoms with Crippen LogP contribution in [0.1, 0.15) is 29.6 Å². The molecule has 4 nitrogen and oxygen atoms in total. The predicted octanol–water partition coefficient (Wildman–Crippen LogP) is 3.08. The molecule has 0 fully saturated rings. The Labute approximate surface area is 129 Å². The predicted molar refractivity (Wildman–Crippen MR) is 90.7 cm³/mol. The number of nitrogens with one attached hydrogen (secondary N) is 1. The number of carbonyl (C=O) groups is 1. The summed E-state index contributed by atoms with van der Waals surface area (Å²) in [6.07, 6.45) is 7.01. The fourth-order valence-electron chi connectivity index (χ4n) is 2.24. The molecular weight excluding hydrogens is 282 g/mol. The Bertz CT molecular complexity index is 615. The molecule has 0 atom stereocenters. The summed E-state index contributed by atoms with van der Waals surface area (Å²) in [5, 5.41) is 4.64. The van der Waals surface area contributed by atoms with E-state index in [1.165, 1.54) is 12.2 Å². The molecule has 2 aromatic rings. The van der Waals surface area contributed by atoms with E-state index >= 15 is 0 Å². The summed E-state index contributed by atoms with van der Waals surface area (Å²) in [5.74, 6) is 1.56. The minimum absolute atomic E-state index is 0.0800. The molecular formula is C16H21N3OS. The lowest BCUT2D eigenvalue weighted by Crippen LogP contribution is -2.25. The maximum absolute atomic E-state index is 12.3. The molecule has 0 bridgehead atoms. The molecule has 1 aromatic heterocycles. The fraction of sp³-hybridized carbons (Fsp3) is 0.375. The first-order chi connectivity index (χ1) is 10.2. The number of nitrogens with two attached hydrogens (primary N) is 1. The van der Waals surface area contributed by atoms with Crippen molar-refractivity contribution in [3.8, 4) is 0 Å². The Kier molecular flexibility index (Phi) is 5.87. The third-order valence-electron chi connectivity index (χ3n) is 3.38. The van der Waals surface area contributed by atoms with E-state index in [9.17, 15) is 4.79 Å². The van der Waals surface area contributed by atoms with E-state index in [0.717, 1.165) is 23.6 Å². The Hall–Kier alpha value is -1.75. The van der Waals surface area contributed by atoms with Gasteiger partial charge in [0.25, 0.3) is 5.91 Å². The molecule has 0 radical (unpaired) electrons. The van der Waals surface area contributed by atoms with Crippen molar-refractivity contribution in [1.29, 1.82) is 0 Å². The quantitative estimate of drug-likeness (QED) is 0.771. The number of pyridine rings is 1. The minimum Gasteiger partial charge on any atom is -0.383 e. The number of hydrogen-bond acceptors (Lipinski definition) is 4. The molecule has 0 unspecified atom stereocenters. The summed E-state index contributed by atoms with van der Waals surface area (Å²) in [5.41, 5.74) is 6.44. The van der Waals surface area contributed by atoms with Crippen LogP contribution < -0.4 is 11.1 Å². The van der Waals surface area contributed by atoms with Gasteiger partial charge in [0.1, 0.15) is 5.82 Å². The minimum atomic E-state index is -0.0800. The van der Waals surface area contributed by atoms with Gasteiger partial charge < -0.3 is 11.1 Å². The summed E-state index contributed by atoms with van der Waals surface area (Å²) in [4.78, 5) is 16.4. The highest BCUT2D eigenvalue weighted by atomic mass is 32.2. The van der Waals surface area contributed by atoms with Crippen LogP contribution in [-0.4, -0.2) is 29.4 Å². The molecule has 112 valence electrons. The molecule has 0 aliphatic rings. The summed E-state index contributed by atoms with van der Waals surface area (Å²) in [6, 6.07) is 7.59. The second kappa shape index (κ2) is 7.88. The van der Waals surface area contributed by atoms with Gasteiger partial charge in [-0.05, 0) is 30.2 Å². The lowest BCUT2D eigenvalue weighted by Gasteiger charge is -2.09. The van der Waals surface area contributed by atoms with Crippen LogP contribution in [0.3, 0.4) is 0 Å². The highest BCUT2D eigenvalue weighted by molar-refractivity contribution is 7.98. The molecule has 0 saturated heterocycles. The zero-order valence-electron chi connectivity index (χ0n) is 12.3. The van der Waals surface area contributed by atoms with E-state index in [4.69, 9.17) is 5.73 Å². The van der Waals surface area contributed by atoms with Crippen LogP contribution in [0.5, 0.6) is 0 Å². The number of thioether (sulfide) groups is 1. The van der Waals surface area contributed by atoms with Gasteiger partial charge in [-0.25, -0.2) is 4.98 Å². The first kappa shape index (κ1) is 15.6. The lowest BCUT2D eigenvalue weighted by molar-refractivity contribution is 0.0954. The number of aromatic nitrogens is 1. The van der Waals surface area contributed by atoms with Crippen molar-refractivity contribution in [2.75, 3.05) is 24.3 Å². The first-order valence-corrected chi connectivity index (χ1v) is 8.53. The summed E-state index contributed by atoms with van der Waals surface area (Å²) in [6.45, 7) is 0.700. The molecule has 1 amide bonds. The number of carbonyl (C=O) groups excluding carboxylic acids is 1. The number of hydrogen-bond donors (Lipinski definition) is 2. The Morgan fingerprint density at radius 2 is 2.00 bits per heavy atom. The van der Waals surface area contributed by atoms with Gasteiger partial charge in [0, 0.05) is 18.1 Å². The SMILES string of the molecule is CSCCCCCNC(=O)c1cnc(N)c2ccccc12. The van der Waals surface area contributed by atoms with Crippen molar-refractivity contribution >= 4 is 34.3 Å². The monoisotopic (exact) mass is 303 g/mol. The normalized spacial score (nSPS) is 10.7. The number of amides is 1. The van der Waals surface area contributed by atoms with Gasteiger partial charge in [0.05, 0.1) is 5.56 Å². The van der Waals surface area contributed by atoms with Crippen molar-refractivity contribution in [2.45, 2.75) is 19.3 Å². The van der Waals surface area contributed by atoms with Crippen LogP contribution in [0.15, 0.2) is 30.5 Å². The van der Waals surface area contributed by atoms with E-state index in [0.29, 0.717) is 17.9 Å². The van der Waals surface area contributed by atoms with E-state index in [1.54, 1.807) is 6.20 Å². The average molecular weight is 303 g/mol. The Morgan fingerprint density at radius 1 is 1.24 bits per heavy atom. The third kappa shape index (κ3) is 4.11. The highest BCUT2D eigenvalue weighted by Gasteiger charge is 2.11. The summed E-state index contributed by atoms with van der Waals surface area (Å²) < 4.78 is 0. The molecule has 0 spiro atoms. The fourth-order valence-corrected chi connectivity index (χ4v) is 2.73. The number of fused-ring (bicyclic) bond motifs is 1. The second-order valence-electron chi connectivity index (χ2n) is 4.91. The summed E-state index contributed by atoms with van der Waals surface area (Å²) >= 11 is 1.86. The Morgan fingerprint density at radius 3 is 2.76 bits per heavy atom. The van der Waals surface area contributed by atoms with Crippen molar-refractivity contribution in [3.05, 3.63) is 36.0 Å². The number of benzene rings is 1. The van der Waals surface area contributed by atoms with Gasteiger partial charge in [0.2, 0.25) is 0 Å². The molecule has 5 heteroatoms. The van der Waals surface area contributed by atoms with Crippen molar-refractivity contribution in [1.82, 2.24) is 10.3 Å². The van der Waals surface area contributed by atoms with Gasteiger partial charge in [-0.15, -0.1) is 0 Å². The zero-order chi connectivity index (χ0) is 15.1. The maximum Gasteiger partial charge on any atom is 0.253 e.